The molecule has 21 heavy (non-hydrogen) atoms. The molecular weight excluding hydrogens is 283 g/mol. The lowest BCUT2D eigenvalue weighted by molar-refractivity contribution is -0.144. The maximum Gasteiger partial charge on any atom is 0.451 e. The summed E-state index contributed by atoms with van der Waals surface area (Å²) in [6, 6.07) is 5.13. The molecular formula is C13H14F3N5. The van der Waals surface area contributed by atoms with Gasteiger partial charge in [-0.1, -0.05) is 0 Å². The van der Waals surface area contributed by atoms with Crippen LogP contribution in [-0.4, -0.2) is 28.5 Å². The van der Waals surface area contributed by atoms with Gasteiger partial charge in [0, 0.05) is 32.1 Å². The van der Waals surface area contributed by atoms with Gasteiger partial charge in [-0.3, -0.25) is 4.98 Å². The van der Waals surface area contributed by atoms with Crippen LogP contribution in [0.15, 0.2) is 30.6 Å². The number of halogens is 3. The minimum Gasteiger partial charge on any atom is -0.373 e. The third-order valence-electron chi connectivity index (χ3n) is 2.70. The molecule has 2 rings (SSSR count). The lowest BCUT2D eigenvalue weighted by Crippen LogP contribution is -2.15. The monoisotopic (exact) mass is 297 g/mol. The highest BCUT2D eigenvalue weighted by Gasteiger charge is 2.35. The number of hydrogen-bond donors (Lipinski definition) is 2. The van der Waals surface area contributed by atoms with Crippen molar-refractivity contribution in [2.24, 2.45) is 0 Å². The molecule has 0 atom stereocenters. The van der Waals surface area contributed by atoms with E-state index < -0.39 is 12.0 Å². The molecule has 0 aromatic carbocycles. The predicted molar refractivity (Wildman–Crippen MR) is 73.0 cm³/mol. The van der Waals surface area contributed by atoms with E-state index >= 15 is 0 Å². The normalized spacial score (nSPS) is 11.2. The summed E-state index contributed by atoms with van der Waals surface area (Å²) in [6.07, 6.45) is -0.584. The van der Waals surface area contributed by atoms with Gasteiger partial charge in [0.25, 0.3) is 0 Å². The topological polar surface area (TPSA) is 62.7 Å². The summed E-state index contributed by atoms with van der Waals surface area (Å²) in [7, 11) is 1.50. The van der Waals surface area contributed by atoms with Crippen molar-refractivity contribution in [2.75, 3.05) is 24.2 Å². The summed E-state index contributed by atoms with van der Waals surface area (Å²) in [6.45, 7) is 0.460. The zero-order valence-electron chi connectivity index (χ0n) is 11.3. The number of alkyl halides is 3. The first-order chi connectivity index (χ1) is 9.99. The molecule has 0 unspecified atom stereocenters. The van der Waals surface area contributed by atoms with E-state index in [1.807, 2.05) is 12.1 Å². The number of nitrogens with one attached hydrogen (secondary N) is 2. The van der Waals surface area contributed by atoms with Crippen molar-refractivity contribution in [1.29, 1.82) is 0 Å². The Hall–Kier alpha value is -2.38. The van der Waals surface area contributed by atoms with Gasteiger partial charge in [-0.25, -0.2) is 9.97 Å². The van der Waals surface area contributed by atoms with Gasteiger partial charge in [-0.05, 0) is 24.1 Å². The van der Waals surface area contributed by atoms with Crippen LogP contribution in [0.3, 0.4) is 0 Å². The Morgan fingerprint density at radius 3 is 2.38 bits per heavy atom. The van der Waals surface area contributed by atoms with E-state index in [0.717, 1.165) is 5.56 Å². The van der Waals surface area contributed by atoms with Crippen LogP contribution < -0.4 is 10.6 Å². The molecule has 2 aromatic heterocycles. The lowest BCUT2D eigenvalue weighted by Gasteiger charge is -2.11. The molecule has 8 heteroatoms. The van der Waals surface area contributed by atoms with Gasteiger partial charge in [-0.15, -0.1) is 0 Å². The number of pyridine rings is 1. The molecule has 2 N–H and O–H groups in total. The summed E-state index contributed by atoms with van der Waals surface area (Å²) < 4.78 is 38.1. The molecule has 5 nitrogen and oxygen atoms in total. The molecule has 2 aromatic rings. The van der Waals surface area contributed by atoms with E-state index in [4.69, 9.17) is 0 Å². The van der Waals surface area contributed by atoms with Crippen molar-refractivity contribution in [3.05, 3.63) is 42.0 Å². The average Bonchev–Trinajstić information content (AvgIpc) is 2.47. The van der Waals surface area contributed by atoms with Crippen LogP contribution in [0, 0.1) is 0 Å². The third-order valence-corrected chi connectivity index (χ3v) is 2.70. The first-order valence-electron chi connectivity index (χ1n) is 6.26. The van der Waals surface area contributed by atoms with Gasteiger partial charge in [0.1, 0.15) is 11.6 Å². The van der Waals surface area contributed by atoms with Crippen LogP contribution in [0.4, 0.5) is 24.8 Å². The third kappa shape index (κ3) is 4.30. The van der Waals surface area contributed by atoms with Gasteiger partial charge in [0.05, 0.1) is 0 Å². The first kappa shape index (κ1) is 15.0. The Labute approximate surface area is 119 Å². The molecule has 0 bridgehead atoms. The van der Waals surface area contributed by atoms with Crippen LogP contribution >= 0.6 is 0 Å². The highest BCUT2D eigenvalue weighted by atomic mass is 19.4. The quantitative estimate of drug-likeness (QED) is 0.888. The van der Waals surface area contributed by atoms with E-state index in [1.165, 1.54) is 13.1 Å². The SMILES string of the molecule is CNc1cc(NCCc2ccncc2)nc(C(F)(F)F)n1. The molecule has 2 heterocycles. The fourth-order valence-electron chi connectivity index (χ4n) is 1.68. The second kappa shape index (κ2) is 6.38. The lowest BCUT2D eigenvalue weighted by atomic mass is 10.2. The first-order valence-corrected chi connectivity index (χ1v) is 6.26. The standard InChI is InChI=1S/C13H14F3N5/c1-17-10-8-11(21-12(20-10)13(14,15)16)19-7-4-9-2-5-18-6-3-9/h2-3,5-6,8H,4,7H2,1H3,(H2,17,19,20,21). The van der Waals surface area contributed by atoms with Gasteiger partial charge in [0.15, 0.2) is 0 Å². The number of rotatable bonds is 5. The molecule has 0 aliphatic rings. The Balaban J connectivity index is 2.05. The molecule has 0 amide bonds. The van der Waals surface area contributed by atoms with E-state index in [2.05, 4.69) is 25.6 Å². The Kier molecular flexibility index (Phi) is 4.56. The summed E-state index contributed by atoms with van der Waals surface area (Å²) in [5.41, 5.74) is 1.04. The number of nitrogens with zero attached hydrogens (tertiary/aromatic N) is 3. The van der Waals surface area contributed by atoms with Crippen LogP contribution in [0.2, 0.25) is 0 Å². The van der Waals surface area contributed by atoms with Crippen LogP contribution in [0.1, 0.15) is 11.4 Å². The van der Waals surface area contributed by atoms with Crippen molar-refractivity contribution in [3.63, 3.8) is 0 Å². The minimum atomic E-state index is -4.58. The van der Waals surface area contributed by atoms with Crippen molar-refractivity contribution in [1.82, 2.24) is 15.0 Å². The number of anilines is 2. The summed E-state index contributed by atoms with van der Waals surface area (Å²) in [5, 5.41) is 5.46. The summed E-state index contributed by atoms with van der Waals surface area (Å²) in [5.74, 6) is -0.916. The second-order valence-electron chi connectivity index (χ2n) is 4.24. The molecule has 0 spiro atoms. The number of aromatic nitrogens is 3. The minimum absolute atomic E-state index is 0.115. The van der Waals surface area contributed by atoms with E-state index in [-0.39, 0.29) is 11.6 Å². The molecule has 112 valence electrons. The van der Waals surface area contributed by atoms with E-state index in [0.29, 0.717) is 13.0 Å². The Morgan fingerprint density at radius 1 is 1.10 bits per heavy atom. The molecule has 0 aliphatic carbocycles. The van der Waals surface area contributed by atoms with Crippen molar-refractivity contribution in [2.45, 2.75) is 12.6 Å². The summed E-state index contributed by atoms with van der Waals surface area (Å²) >= 11 is 0. The maximum atomic E-state index is 12.7. The van der Waals surface area contributed by atoms with E-state index in [9.17, 15) is 13.2 Å². The largest absolute Gasteiger partial charge is 0.451 e. The van der Waals surface area contributed by atoms with Gasteiger partial charge < -0.3 is 10.6 Å². The van der Waals surface area contributed by atoms with Crippen LogP contribution in [0.25, 0.3) is 0 Å². The highest BCUT2D eigenvalue weighted by Crippen LogP contribution is 2.28. The number of hydrogen-bond acceptors (Lipinski definition) is 5. The van der Waals surface area contributed by atoms with Crippen LogP contribution in [-0.2, 0) is 12.6 Å². The van der Waals surface area contributed by atoms with E-state index in [1.54, 1.807) is 12.4 Å². The Morgan fingerprint density at radius 2 is 1.76 bits per heavy atom. The molecule has 0 radical (unpaired) electrons. The van der Waals surface area contributed by atoms with Gasteiger partial charge in [-0.2, -0.15) is 13.2 Å². The smallest absolute Gasteiger partial charge is 0.373 e. The fourth-order valence-corrected chi connectivity index (χ4v) is 1.68. The second-order valence-corrected chi connectivity index (χ2v) is 4.24. The summed E-state index contributed by atoms with van der Waals surface area (Å²) in [4.78, 5) is 10.8. The van der Waals surface area contributed by atoms with Crippen molar-refractivity contribution in [3.8, 4) is 0 Å². The zero-order valence-corrected chi connectivity index (χ0v) is 11.3. The predicted octanol–water partition coefficient (Wildman–Crippen LogP) is 2.59. The molecule has 0 fully saturated rings. The van der Waals surface area contributed by atoms with Crippen molar-refractivity contribution >= 4 is 11.6 Å². The van der Waals surface area contributed by atoms with Gasteiger partial charge in [0.2, 0.25) is 5.82 Å². The zero-order chi connectivity index (χ0) is 15.3. The molecule has 0 saturated heterocycles. The fraction of sp³-hybridized carbons (Fsp3) is 0.308. The highest BCUT2D eigenvalue weighted by molar-refractivity contribution is 5.47. The van der Waals surface area contributed by atoms with Gasteiger partial charge >= 0.3 is 6.18 Å². The maximum absolute atomic E-state index is 12.7. The van der Waals surface area contributed by atoms with Crippen LogP contribution in [0.5, 0.6) is 0 Å². The van der Waals surface area contributed by atoms with Crippen molar-refractivity contribution < 1.29 is 13.2 Å². The Bertz CT molecular complexity index is 586. The molecule has 0 aliphatic heterocycles. The molecule has 0 saturated carbocycles. The average molecular weight is 297 g/mol.